The van der Waals surface area contributed by atoms with E-state index in [1.54, 1.807) is 17.2 Å². The van der Waals surface area contributed by atoms with Gasteiger partial charge in [-0.25, -0.2) is 0 Å². The Kier molecular flexibility index (Phi) is 3.83. The summed E-state index contributed by atoms with van der Waals surface area (Å²) in [6, 6.07) is 9.82. The van der Waals surface area contributed by atoms with Crippen LogP contribution >= 0.6 is 0 Å². The number of piperidine rings is 1. The van der Waals surface area contributed by atoms with Gasteiger partial charge in [0.25, 0.3) is 0 Å². The molecule has 1 atom stereocenters. The first-order chi connectivity index (χ1) is 11.7. The molecule has 0 amide bonds. The highest BCUT2D eigenvalue weighted by Crippen LogP contribution is 2.30. The van der Waals surface area contributed by atoms with Crippen molar-refractivity contribution >= 4 is 0 Å². The summed E-state index contributed by atoms with van der Waals surface area (Å²) < 4.78 is 0. The lowest BCUT2D eigenvalue weighted by molar-refractivity contribution is -0.0417. The maximum Gasteiger partial charge on any atom is 0.123 e. The molecule has 8 nitrogen and oxygen atoms in total. The van der Waals surface area contributed by atoms with Crippen LogP contribution in [0.3, 0.4) is 0 Å². The van der Waals surface area contributed by atoms with E-state index in [0.29, 0.717) is 25.2 Å². The Hall–Kier alpha value is -2.58. The smallest absolute Gasteiger partial charge is 0.123 e. The molecule has 0 saturated carbocycles. The van der Waals surface area contributed by atoms with Gasteiger partial charge in [-0.2, -0.15) is 30.4 Å². The second-order valence-electron chi connectivity index (χ2n) is 6.16. The Morgan fingerprint density at radius 1 is 1.21 bits per heavy atom. The van der Waals surface area contributed by atoms with E-state index in [4.69, 9.17) is 0 Å². The molecule has 1 fully saturated rings. The molecule has 0 aliphatic carbocycles. The summed E-state index contributed by atoms with van der Waals surface area (Å²) in [6.45, 7) is 2.07. The van der Waals surface area contributed by atoms with Crippen molar-refractivity contribution in [1.29, 1.82) is 0 Å². The summed E-state index contributed by atoms with van der Waals surface area (Å²) >= 11 is 0. The number of nitrogens with one attached hydrogen (secondary N) is 1. The zero-order chi connectivity index (χ0) is 16.4. The van der Waals surface area contributed by atoms with E-state index in [-0.39, 0.29) is 0 Å². The summed E-state index contributed by atoms with van der Waals surface area (Å²) in [5.74, 6) is 0. The second-order valence-corrected chi connectivity index (χ2v) is 6.16. The quantitative estimate of drug-likeness (QED) is 0.739. The fourth-order valence-electron chi connectivity index (χ4n) is 3.17. The number of hydrogen-bond acceptors (Lipinski definition) is 6. The van der Waals surface area contributed by atoms with Crippen molar-refractivity contribution in [2.75, 3.05) is 13.1 Å². The number of H-pyrrole nitrogens is 1. The van der Waals surface area contributed by atoms with Gasteiger partial charge in [-0.05, 0) is 31.5 Å². The van der Waals surface area contributed by atoms with Crippen LogP contribution in [0.15, 0.2) is 42.7 Å². The van der Waals surface area contributed by atoms with E-state index >= 15 is 0 Å². The minimum Gasteiger partial charge on any atom is -0.382 e. The molecule has 3 heterocycles. The van der Waals surface area contributed by atoms with Crippen molar-refractivity contribution in [3.8, 4) is 5.69 Å². The van der Waals surface area contributed by atoms with E-state index in [1.807, 2.05) is 30.3 Å². The fraction of sp³-hybridized carbons (Fsp3) is 0.375. The van der Waals surface area contributed by atoms with Crippen LogP contribution in [0.2, 0.25) is 0 Å². The maximum atomic E-state index is 10.9. The lowest BCUT2D eigenvalue weighted by Crippen LogP contribution is -2.46. The van der Waals surface area contributed by atoms with Gasteiger partial charge in [-0.1, -0.05) is 18.2 Å². The van der Waals surface area contributed by atoms with Crippen LogP contribution in [0.25, 0.3) is 5.69 Å². The van der Waals surface area contributed by atoms with E-state index in [0.717, 1.165) is 24.3 Å². The minimum atomic E-state index is -0.958. The zero-order valence-electron chi connectivity index (χ0n) is 13.2. The first-order valence-corrected chi connectivity index (χ1v) is 8.01. The topological polar surface area (TPSA) is 95.8 Å². The minimum absolute atomic E-state index is 0.512. The third-order valence-corrected chi connectivity index (χ3v) is 4.35. The highest BCUT2D eigenvalue weighted by atomic mass is 16.3. The van der Waals surface area contributed by atoms with Crippen molar-refractivity contribution in [3.05, 3.63) is 54.1 Å². The first-order valence-electron chi connectivity index (χ1n) is 8.01. The third-order valence-electron chi connectivity index (χ3n) is 4.35. The number of β-amino-alcohol motifs (C(OH)–C–C–N with tert-alkyl or cyclic N) is 1. The Bertz CT molecular complexity index is 786. The number of benzene rings is 1. The predicted molar refractivity (Wildman–Crippen MR) is 86.1 cm³/mol. The number of para-hydroxylation sites is 1. The van der Waals surface area contributed by atoms with Gasteiger partial charge in [0.1, 0.15) is 11.3 Å². The van der Waals surface area contributed by atoms with Crippen LogP contribution in [0.4, 0.5) is 0 Å². The molecule has 1 aliphatic rings. The molecule has 8 heteroatoms. The molecule has 0 spiro atoms. The van der Waals surface area contributed by atoms with Gasteiger partial charge in [-0.3, -0.25) is 4.90 Å². The predicted octanol–water partition coefficient (Wildman–Crippen LogP) is 0.869. The molecule has 2 aromatic heterocycles. The lowest BCUT2D eigenvalue weighted by atomic mass is 9.90. The Labute approximate surface area is 139 Å². The Morgan fingerprint density at radius 2 is 2.08 bits per heavy atom. The fourth-order valence-corrected chi connectivity index (χ4v) is 3.17. The van der Waals surface area contributed by atoms with Crippen LogP contribution in [0.1, 0.15) is 24.2 Å². The van der Waals surface area contributed by atoms with Gasteiger partial charge in [0.15, 0.2) is 0 Å². The van der Waals surface area contributed by atoms with Crippen LogP contribution in [-0.4, -0.2) is 53.5 Å². The van der Waals surface area contributed by atoms with Gasteiger partial charge in [0, 0.05) is 13.1 Å². The summed E-state index contributed by atoms with van der Waals surface area (Å²) in [5.41, 5.74) is 1.45. The van der Waals surface area contributed by atoms with Crippen molar-refractivity contribution < 1.29 is 5.11 Å². The standard InChI is InChI=1S/C16H19N7O/c24-16(15-10-17-21-19-15)7-4-8-22(12-16)11-13-9-18-23(20-13)14-5-2-1-3-6-14/h1-3,5-6,9-10,24H,4,7-8,11-12H2,(H,17,19,21)/t16-/m0/s1. The molecule has 0 bridgehead atoms. The van der Waals surface area contributed by atoms with Crippen LogP contribution in [0, 0.1) is 0 Å². The monoisotopic (exact) mass is 325 g/mol. The number of aliphatic hydroxyl groups is 1. The first kappa shape index (κ1) is 15.0. The molecule has 4 rings (SSSR count). The number of aromatic amines is 1. The van der Waals surface area contributed by atoms with Gasteiger partial charge in [0.05, 0.1) is 23.8 Å². The summed E-state index contributed by atoms with van der Waals surface area (Å²) in [7, 11) is 0. The maximum absolute atomic E-state index is 10.9. The molecule has 0 radical (unpaired) electrons. The Balaban J connectivity index is 1.47. The van der Waals surface area contributed by atoms with Gasteiger partial charge >= 0.3 is 0 Å². The van der Waals surface area contributed by atoms with Gasteiger partial charge < -0.3 is 5.11 Å². The van der Waals surface area contributed by atoms with Gasteiger partial charge in [-0.15, -0.1) is 0 Å². The highest BCUT2D eigenvalue weighted by Gasteiger charge is 2.37. The molecular formula is C16H19N7O. The van der Waals surface area contributed by atoms with E-state index < -0.39 is 5.60 Å². The number of nitrogens with zero attached hydrogens (tertiary/aromatic N) is 6. The number of rotatable bonds is 4. The zero-order valence-corrected chi connectivity index (χ0v) is 13.2. The molecule has 0 unspecified atom stereocenters. The van der Waals surface area contributed by atoms with E-state index in [2.05, 4.69) is 30.5 Å². The molecule has 1 saturated heterocycles. The molecular weight excluding hydrogens is 306 g/mol. The summed E-state index contributed by atoms with van der Waals surface area (Å²) in [5, 5.41) is 30.2. The lowest BCUT2D eigenvalue weighted by Gasteiger charge is -2.37. The van der Waals surface area contributed by atoms with Crippen molar-refractivity contribution in [2.24, 2.45) is 0 Å². The van der Waals surface area contributed by atoms with Crippen molar-refractivity contribution in [1.82, 2.24) is 35.3 Å². The summed E-state index contributed by atoms with van der Waals surface area (Å²) in [6.07, 6.45) is 4.95. The Morgan fingerprint density at radius 3 is 2.88 bits per heavy atom. The van der Waals surface area contributed by atoms with Crippen LogP contribution in [-0.2, 0) is 12.1 Å². The summed E-state index contributed by atoms with van der Waals surface area (Å²) in [4.78, 5) is 3.81. The normalized spacial score (nSPS) is 21.9. The number of hydrogen-bond donors (Lipinski definition) is 2. The average Bonchev–Trinajstić information content (AvgIpc) is 3.28. The average molecular weight is 325 g/mol. The molecule has 24 heavy (non-hydrogen) atoms. The van der Waals surface area contributed by atoms with E-state index in [9.17, 15) is 5.11 Å². The number of aromatic nitrogens is 6. The molecule has 2 N–H and O–H groups in total. The number of likely N-dealkylation sites (tertiary alicyclic amines) is 1. The third kappa shape index (κ3) is 2.93. The van der Waals surface area contributed by atoms with Crippen molar-refractivity contribution in [3.63, 3.8) is 0 Å². The molecule has 1 aromatic carbocycles. The van der Waals surface area contributed by atoms with Crippen molar-refractivity contribution in [2.45, 2.75) is 25.0 Å². The SMILES string of the molecule is O[C@@]1(c2cn[nH]n2)CCCN(Cc2cnn(-c3ccccc3)n2)C1. The molecule has 1 aliphatic heterocycles. The second kappa shape index (κ2) is 6.14. The largest absolute Gasteiger partial charge is 0.382 e. The van der Waals surface area contributed by atoms with Crippen LogP contribution in [0.5, 0.6) is 0 Å². The van der Waals surface area contributed by atoms with E-state index in [1.165, 1.54) is 0 Å². The molecule has 124 valence electrons. The van der Waals surface area contributed by atoms with Gasteiger partial charge in [0.2, 0.25) is 0 Å². The van der Waals surface area contributed by atoms with Crippen LogP contribution < -0.4 is 0 Å². The highest BCUT2D eigenvalue weighted by molar-refractivity contribution is 5.28. The molecule has 3 aromatic rings.